The van der Waals surface area contributed by atoms with Gasteiger partial charge in [0.05, 0.1) is 6.04 Å². The van der Waals surface area contributed by atoms with E-state index >= 15 is 0 Å². The number of carbonyl (C=O) groups is 3. The molecule has 27 heavy (non-hydrogen) atoms. The summed E-state index contributed by atoms with van der Waals surface area (Å²) in [5.74, 6) is -1.93. The number of nitrogens with zero attached hydrogens (tertiary/aromatic N) is 2. The first-order valence-corrected chi connectivity index (χ1v) is 9.33. The van der Waals surface area contributed by atoms with Crippen molar-refractivity contribution in [3.8, 4) is 0 Å². The molecule has 1 heterocycles. The fourth-order valence-corrected chi connectivity index (χ4v) is 3.02. The fraction of sp³-hybridized carbons (Fsp3) is 0.765. The lowest BCUT2D eigenvalue weighted by atomic mass is 9.98. The summed E-state index contributed by atoms with van der Waals surface area (Å²) in [4.78, 5) is 41.9. The Hall–Kier alpha value is -2.36. The maximum Gasteiger partial charge on any atom is 0.326 e. The highest BCUT2D eigenvalue weighted by Crippen LogP contribution is 2.21. The Labute approximate surface area is 159 Å². The number of aliphatic imine (C=N–C) groups is 1. The van der Waals surface area contributed by atoms with E-state index in [0.717, 1.165) is 6.42 Å². The van der Waals surface area contributed by atoms with Crippen molar-refractivity contribution in [3.05, 3.63) is 0 Å². The van der Waals surface area contributed by atoms with E-state index < -0.39 is 30.0 Å². The second-order valence-electron chi connectivity index (χ2n) is 6.95. The molecule has 0 saturated carbocycles. The molecule has 1 aliphatic heterocycles. The molecule has 154 valence electrons. The summed E-state index contributed by atoms with van der Waals surface area (Å²) in [5, 5.41) is 11.9. The molecule has 4 atom stereocenters. The van der Waals surface area contributed by atoms with Crippen molar-refractivity contribution in [1.29, 1.82) is 0 Å². The molecule has 10 heteroatoms. The number of carbonyl (C=O) groups excluding carboxylic acids is 2. The molecule has 1 aliphatic rings. The van der Waals surface area contributed by atoms with Crippen LogP contribution in [0, 0.1) is 5.92 Å². The van der Waals surface area contributed by atoms with Gasteiger partial charge in [-0.1, -0.05) is 20.3 Å². The molecule has 0 spiro atoms. The van der Waals surface area contributed by atoms with Gasteiger partial charge in [-0.15, -0.1) is 0 Å². The molecule has 1 fully saturated rings. The lowest BCUT2D eigenvalue weighted by Crippen LogP contribution is -2.55. The summed E-state index contributed by atoms with van der Waals surface area (Å²) in [7, 11) is 0. The molecule has 1 rings (SSSR count). The van der Waals surface area contributed by atoms with Crippen LogP contribution in [0.2, 0.25) is 0 Å². The number of hydrogen-bond acceptors (Lipinski definition) is 5. The van der Waals surface area contributed by atoms with Crippen molar-refractivity contribution in [1.82, 2.24) is 10.2 Å². The number of carboxylic acid groups (broad SMARTS) is 1. The summed E-state index contributed by atoms with van der Waals surface area (Å²) >= 11 is 0. The first kappa shape index (κ1) is 22.7. The van der Waals surface area contributed by atoms with E-state index in [1.165, 1.54) is 4.90 Å². The summed E-state index contributed by atoms with van der Waals surface area (Å²) in [5.41, 5.74) is 16.5. The van der Waals surface area contributed by atoms with Gasteiger partial charge in [0.2, 0.25) is 11.8 Å². The van der Waals surface area contributed by atoms with Crippen LogP contribution < -0.4 is 22.5 Å². The van der Waals surface area contributed by atoms with Crippen LogP contribution in [-0.4, -0.2) is 65.0 Å². The largest absolute Gasteiger partial charge is 0.480 e. The van der Waals surface area contributed by atoms with Crippen LogP contribution in [0.5, 0.6) is 0 Å². The Morgan fingerprint density at radius 1 is 1.33 bits per heavy atom. The highest BCUT2D eigenvalue weighted by Gasteiger charge is 2.38. The van der Waals surface area contributed by atoms with E-state index in [1.807, 2.05) is 13.8 Å². The predicted molar refractivity (Wildman–Crippen MR) is 102 cm³/mol. The Balaban J connectivity index is 2.70. The molecule has 0 aromatic heterocycles. The molecule has 8 N–H and O–H groups in total. The lowest BCUT2D eigenvalue weighted by Gasteiger charge is -2.29. The quantitative estimate of drug-likeness (QED) is 0.182. The van der Waals surface area contributed by atoms with Gasteiger partial charge in [-0.25, -0.2) is 4.79 Å². The van der Waals surface area contributed by atoms with Crippen molar-refractivity contribution >= 4 is 23.7 Å². The third-order valence-corrected chi connectivity index (χ3v) is 4.94. The molecule has 0 aliphatic carbocycles. The molecule has 0 radical (unpaired) electrons. The van der Waals surface area contributed by atoms with Gasteiger partial charge < -0.3 is 32.5 Å². The summed E-state index contributed by atoms with van der Waals surface area (Å²) in [6.45, 7) is 4.57. The first-order chi connectivity index (χ1) is 12.7. The third-order valence-electron chi connectivity index (χ3n) is 4.94. The van der Waals surface area contributed by atoms with Gasteiger partial charge in [-0.3, -0.25) is 14.6 Å². The van der Waals surface area contributed by atoms with E-state index in [0.29, 0.717) is 25.8 Å². The average Bonchev–Trinajstić information content (AvgIpc) is 3.11. The Morgan fingerprint density at radius 2 is 2.00 bits per heavy atom. The number of aliphatic carboxylic acids is 1. The van der Waals surface area contributed by atoms with Crippen molar-refractivity contribution in [2.75, 3.05) is 13.1 Å². The highest BCUT2D eigenvalue weighted by molar-refractivity contribution is 5.92. The van der Waals surface area contributed by atoms with Gasteiger partial charge in [0.15, 0.2) is 5.96 Å². The predicted octanol–water partition coefficient (Wildman–Crippen LogP) is -1.03. The number of amides is 2. The van der Waals surface area contributed by atoms with Crippen molar-refractivity contribution in [2.45, 2.75) is 64.1 Å². The van der Waals surface area contributed by atoms with E-state index in [1.54, 1.807) is 0 Å². The van der Waals surface area contributed by atoms with Gasteiger partial charge in [0.1, 0.15) is 12.1 Å². The molecule has 0 unspecified atom stereocenters. The first-order valence-electron chi connectivity index (χ1n) is 9.33. The topological polar surface area (TPSA) is 177 Å². The molecule has 2 amide bonds. The van der Waals surface area contributed by atoms with Crippen LogP contribution in [0.15, 0.2) is 4.99 Å². The molecule has 0 bridgehead atoms. The van der Waals surface area contributed by atoms with E-state index in [-0.39, 0.29) is 30.8 Å². The van der Waals surface area contributed by atoms with Crippen molar-refractivity contribution in [2.24, 2.45) is 28.1 Å². The Bertz CT molecular complexity index is 564. The van der Waals surface area contributed by atoms with Crippen LogP contribution in [-0.2, 0) is 14.4 Å². The Morgan fingerprint density at radius 3 is 2.56 bits per heavy atom. The Kier molecular flexibility index (Phi) is 8.99. The molecule has 0 aromatic rings. The molecule has 10 nitrogen and oxygen atoms in total. The van der Waals surface area contributed by atoms with Crippen LogP contribution in [0.4, 0.5) is 0 Å². The number of nitrogens with two attached hydrogens (primary N) is 3. The number of nitrogens with one attached hydrogen (secondary N) is 1. The number of hydrogen-bond donors (Lipinski definition) is 5. The lowest BCUT2D eigenvalue weighted by molar-refractivity contribution is -0.144. The number of carboxylic acids is 1. The summed E-state index contributed by atoms with van der Waals surface area (Å²) in [6, 6.07) is -2.42. The van der Waals surface area contributed by atoms with Crippen LogP contribution in [0.3, 0.4) is 0 Å². The molecule has 0 aromatic carbocycles. The third kappa shape index (κ3) is 6.70. The number of likely N-dealkylation sites (tertiary alicyclic amines) is 1. The van der Waals surface area contributed by atoms with Crippen LogP contribution in [0.25, 0.3) is 0 Å². The van der Waals surface area contributed by atoms with Crippen LogP contribution >= 0.6 is 0 Å². The van der Waals surface area contributed by atoms with Gasteiger partial charge in [0.25, 0.3) is 0 Å². The van der Waals surface area contributed by atoms with Crippen molar-refractivity contribution in [3.63, 3.8) is 0 Å². The second-order valence-corrected chi connectivity index (χ2v) is 6.95. The summed E-state index contributed by atoms with van der Waals surface area (Å²) < 4.78 is 0. The SMILES string of the molecule is CC[C@H](C)[C@H](N)C(=O)N1CCC[C@H]1C(=O)N[C@@H](CCCN=C(N)N)C(=O)O. The zero-order valence-electron chi connectivity index (χ0n) is 16.1. The van der Waals surface area contributed by atoms with Gasteiger partial charge >= 0.3 is 5.97 Å². The van der Waals surface area contributed by atoms with E-state index in [9.17, 15) is 19.5 Å². The zero-order chi connectivity index (χ0) is 20.6. The number of guanidine groups is 1. The molecular weight excluding hydrogens is 352 g/mol. The zero-order valence-corrected chi connectivity index (χ0v) is 16.1. The maximum atomic E-state index is 12.6. The standard InChI is InChI=1S/C17H32N6O4/c1-3-10(2)13(18)15(25)23-9-5-7-12(23)14(24)22-11(16(26)27)6-4-8-21-17(19)20/h10-13H,3-9,18H2,1-2H3,(H,22,24)(H,26,27)(H4,19,20,21)/t10-,11-,12-,13-/m0/s1. The minimum Gasteiger partial charge on any atom is -0.480 e. The normalized spacial score (nSPS) is 19.8. The minimum atomic E-state index is -1.14. The number of rotatable bonds is 10. The summed E-state index contributed by atoms with van der Waals surface area (Å²) in [6.07, 6.45) is 2.52. The van der Waals surface area contributed by atoms with E-state index in [4.69, 9.17) is 17.2 Å². The second kappa shape index (κ2) is 10.7. The van der Waals surface area contributed by atoms with Crippen LogP contribution in [0.1, 0.15) is 46.0 Å². The van der Waals surface area contributed by atoms with Gasteiger partial charge in [0, 0.05) is 13.1 Å². The van der Waals surface area contributed by atoms with Gasteiger partial charge in [-0.05, 0) is 31.6 Å². The molecule has 1 saturated heterocycles. The monoisotopic (exact) mass is 384 g/mol. The maximum absolute atomic E-state index is 12.6. The minimum absolute atomic E-state index is 0.00381. The average molecular weight is 384 g/mol. The van der Waals surface area contributed by atoms with Crippen molar-refractivity contribution < 1.29 is 19.5 Å². The van der Waals surface area contributed by atoms with Gasteiger partial charge in [-0.2, -0.15) is 0 Å². The fourth-order valence-electron chi connectivity index (χ4n) is 3.02. The molecular formula is C17H32N6O4. The highest BCUT2D eigenvalue weighted by atomic mass is 16.4. The smallest absolute Gasteiger partial charge is 0.326 e. The van der Waals surface area contributed by atoms with E-state index in [2.05, 4.69) is 10.3 Å².